The number of hydrogen-bond donors (Lipinski definition) is 0. The van der Waals surface area contributed by atoms with Crippen molar-refractivity contribution in [3.63, 3.8) is 0 Å². The fraction of sp³-hybridized carbons (Fsp3) is 0.208. The Balaban J connectivity index is 1.48. The second-order valence-corrected chi connectivity index (χ2v) is 7.76. The van der Waals surface area contributed by atoms with E-state index in [1.165, 1.54) is 16.7 Å². The number of hydrogen-bond acceptors (Lipinski definition) is 4. The molecule has 0 N–H and O–H groups in total. The van der Waals surface area contributed by atoms with Gasteiger partial charge < -0.3 is 4.74 Å². The van der Waals surface area contributed by atoms with Gasteiger partial charge in [-0.15, -0.1) is 0 Å². The molecular weight excluding hydrogens is 360 g/mol. The van der Waals surface area contributed by atoms with Crippen LogP contribution in [0.2, 0.25) is 0 Å². The van der Waals surface area contributed by atoms with E-state index in [0.29, 0.717) is 11.6 Å². The molecule has 5 nitrogen and oxygen atoms in total. The van der Waals surface area contributed by atoms with Crippen LogP contribution in [0.1, 0.15) is 30.5 Å². The minimum atomic E-state index is -0.0826. The molecule has 0 fully saturated rings. The van der Waals surface area contributed by atoms with E-state index in [1.807, 2.05) is 25.4 Å². The van der Waals surface area contributed by atoms with Gasteiger partial charge in [0, 0.05) is 18.7 Å². The van der Waals surface area contributed by atoms with Crippen molar-refractivity contribution in [2.24, 2.45) is 7.05 Å². The summed E-state index contributed by atoms with van der Waals surface area (Å²) in [7, 11) is 1.87. The highest BCUT2D eigenvalue weighted by Gasteiger charge is 2.22. The Hall–Kier alpha value is -3.47. The summed E-state index contributed by atoms with van der Waals surface area (Å²) in [6.07, 6.45) is 6.98. The lowest BCUT2D eigenvalue weighted by atomic mass is 9.78. The monoisotopic (exact) mass is 384 g/mol. The van der Waals surface area contributed by atoms with Crippen molar-refractivity contribution in [2.75, 3.05) is 0 Å². The summed E-state index contributed by atoms with van der Waals surface area (Å²) in [6, 6.07) is 16.9. The first kappa shape index (κ1) is 18.9. The van der Waals surface area contributed by atoms with Gasteiger partial charge in [0.25, 0.3) is 0 Å². The lowest BCUT2D eigenvalue weighted by Gasteiger charge is -2.26. The third kappa shape index (κ3) is 4.04. The van der Waals surface area contributed by atoms with Gasteiger partial charge in [-0.1, -0.05) is 55.8 Å². The number of aromatic nitrogens is 4. The third-order valence-electron chi connectivity index (χ3n) is 5.18. The highest BCUT2D eigenvalue weighted by Crippen LogP contribution is 2.33. The predicted octanol–water partition coefficient (Wildman–Crippen LogP) is 5.30. The van der Waals surface area contributed by atoms with Gasteiger partial charge in [0.1, 0.15) is 5.75 Å². The number of benzene rings is 2. The molecule has 2 aromatic carbocycles. The van der Waals surface area contributed by atoms with Gasteiger partial charge in [-0.2, -0.15) is 5.10 Å². The van der Waals surface area contributed by atoms with Crippen molar-refractivity contribution in [3.05, 3.63) is 90.0 Å². The van der Waals surface area contributed by atoms with Gasteiger partial charge in [-0.3, -0.25) is 4.68 Å². The smallest absolute Gasteiger partial charge is 0.164 e. The number of rotatable bonds is 5. The average Bonchev–Trinajstić information content (AvgIpc) is 3.16. The Morgan fingerprint density at radius 3 is 1.93 bits per heavy atom. The highest BCUT2D eigenvalue weighted by atomic mass is 16.5. The van der Waals surface area contributed by atoms with E-state index in [1.54, 1.807) is 23.3 Å². The van der Waals surface area contributed by atoms with Gasteiger partial charge in [0.15, 0.2) is 11.6 Å². The molecule has 0 amide bonds. The van der Waals surface area contributed by atoms with E-state index in [4.69, 9.17) is 4.74 Å². The topological polar surface area (TPSA) is 52.8 Å². The quantitative estimate of drug-likeness (QED) is 0.468. The Labute approximate surface area is 171 Å². The first-order valence-corrected chi connectivity index (χ1v) is 9.58. The zero-order chi connectivity index (χ0) is 20.4. The predicted molar refractivity (Wildman–Crippen MR) is 114 cm³/mol. The summed E-state index contributed by atoms with van der Waals surface area (Å²) >= 11 is 0. The molecule has 0 atom stereocenters. The normalized spacial score (nSPS) is 11.4. The molecule has 4 rings (SSSR count). The molecule has 5 heteroatoms. The Morgan fingerprint density at radius 2 is 1.38 bits per heavy atom. The molecule has 0 aliphatic heterocycles. The maximum atomic E-state index is 5.92. The maximum absolute atomic E-state index is 5.92. The Bertz CT molecular complexity index is 1100. The van der Waals surface area contributed by atoms with Crippen LogP contribution in [0.4, 0.5) is 0 Å². The van der Waals surface area contributed by atoms with Gasteiger partial charge >= 0.3 is 0 Å². The van der Waals surface area contributed by atoms with Gasteiger partial charge in [0.05, 0.1) is 24.2 Å². The van der Waals surface area contributed by atoms with Crippen molar-refractivity contribution in [1.29, 1.82) is 0 Å². The first-order valence-electron chi connectivity index (χ1n) is 9.58. The molecule has 0 saturated heterocycles. The first-order chi connectivity index (χ1) is 13.9. The van der Waals surface area contributed by atoms with Crippen LogP contribution in [-0.2, 0) is 12.5 Å². The van der Waals surface area contributed by atoms with Gasteiger partial charge in [-0.05, 0) is 30.2 Å². The van der Waals surface area contributed by atoms with E-state index in [0.717, 1.165) is 11.3 Å². The molecule has 0 aliphatic rings. The van der Waals surface area contributed by atoms with Crippen molar-refractivity contribution in [2.45, 2.75) is 26.2 Å². The zero-order valence-corrected chi connectivity index (χ0v) is 17.1. The molecule has 0 saturated carbocycles. The van der Waals surface area contributed by atoms with Crippen molar-refractivity contribution in [1.82, 2.24) is 19.7 Å². The van der Waals surface area contributed by atoms with Crippen molar-refractivity contribution < 1.29 is 4.74 Å². The average molecular weight is 384 g/mol. The molecule has 146 valence electrons. The standard InChI is InChI=1S/C24H24N4O/c1-17-5-7-19(8-6-17)24(2,3)20-9-11-21(12-10-20)29-22-14-25-23(26-15-22)18-13-27-28(4)16-18/h5-16H,1-4H3. The fourth-order valence-corrected chi connectivity index (χ4v) is 3.27. The van der Waals surface area contributed by atoms with E-state index in [9.17, 15) is 0 Å². The van der Waals surface area contributed by atoms with E-state index < -0.39 is 0 Å². The molecule has 0 radical (unpaired) electrons. The lowest BCUT2D eigenvalue weighted by molar-refractivity contribution is 0.477. The molecule has 0 unspecified atom stereocenters. The van der Waals surface area contributed by atoms with Crippen LogP contribution in [-0.4, -0.2) is 19.7 Å². The van der Waals surface area contributed by atoms with E-state index in [-0.39, 0.29) is 5.41 Å². The third-order valence-corrected chi connectivity index (χ3v) is 5.18. The molecular formula is C24H24N4O. The van der Waals surface area contributed by atoms with Crippen LogP contribution < -0.4 is 4.74 Å². The Morgan fingerprint density at radius 1 is 0.793 bits per heavy atom. The molecule has 0 aliphatic carbocycles. The van der Waals surface area contributed by atoms with Crippen LogP contribution in [0.15, 0.2) is 73.3 Å². The number of aryl methyl sites for hydroxylation is 2. The van der Waals surface area contributed by atoms with E-state index in [2.05, 4.69) is 72.2 Å². The summed E-state index contributed by atoms with van der Waals surface area (Å²) in [6.45, 7) is 6.58. The minimum Gasteiger partial charge on any atom is -0.454 e. The zero-order valence-electron chi connectivity index (χ0n) is 17.1. The highest BCUT2D eigenvalue weighted by molar-refractivity contribution is 5.52. The summed E-state index contributed by atoms with van der Waals surface area (Å²) in [4.78, 5) is 8.75. The summed E-state index contributed by atoms with van der Waals surface area (Å²) in [5.74, 6) is 1.98. The SMILES string of the molecule is Cc1ccc(C(C)(C)c2ccc(Oc3cnc(-c4cnn(C)c4)nc3)cc2)cc1. The van der Waals surface area contributed by atoms with Gasteiger partial charge in [-0.25, -0.2) is 9.97 Å². The maximum Gasteiger partial charge on any atom is 0.164 e. The molecule has 0 bridgehead atoms. The number of ether oxygens (including phenoxy) is 1. The molecule has 29 heavy (non-hydrogen) atoms. The van der Waals surface area contributed by atoms with Crippen LogP contribution in [0, 0.1) is 6.92 Å². The van der Waals surface area contributed by atoms with Crippen molar-refractivity contribution >= 4 is 0 Å². The van der Waals surface area contributed by atoms with E-state index >= 15 is 0 Å². The van der Waals surface area contributed by atoms with Crippen LogP contribution in [0.5, 0.6) is 11.5 Å². The fourth-order valence-electron chi connectivity index (χ4n) is 3.27. The molecule has 0 spiro atoms. The van der Waals surface area contributed by atoms with Gasteiger partial charge in [0.2, 0.25) is 0 Å². The summed E-state index contributed by atoms with van der Waals surface area (Å²) in [5.41, 5.74) is 4.58. The lowest BCUT2D eigenvalue weighted by Crippen LogP contribution is -2.18. The molecule has 4 aromatic rings. The number of nitrogens with zero attached hydrogens (tertiary/aromatic N) is 4. The van der Waals surface area contributed by atoms with Crippen LogP contribution >= 0.6 is 0 Å². The summed E-state index contributed by atoms with van der Waals surface area (Å²) in [5, 5.41) is 4.14. The molecule has 2 aromatic heterocycles. The minimum absolute atomic E-state index is 0.0826. The van der Waals surface area contributed by atoms with Crippen LogP contribution in [0.3, 0.4) is 0 Å². The largest absolute Gasteiger partial charge is 0.454 e. The Kier molecular flexibility index (Phi) is 4.89. The molecule has 2 heterocycles. The van der Waals surface area contributed by atoms with Crippen molar-refractivity contribution in [3.8, 4) is 22.9 Å². The van der Waals surface area contributed by atoms with Crippen LogP contribution in [0.25, 0.3) is 11.4 Å². The summed E-state index contributed by atoms with van der Waals surface area (Å²) < 4.78 is 7.64. The second-order valence-electron chi connectivity index (χ2n) is 7.76. The second kappa shape index (κ2) is 7.51.